The molecule has 6 nitrogen and oxygen atoms in total. The van der Waals surface area contributed by atoms with Crippen LogP contribution in [0.4, 0.5) is 5.69 Å². The molecule has 0 radical (unpaired) electrons. The number of benzene rings is 2. The molecule has 0 fully saturated rings. The van der Waals surface area contributed by atoms with Gasteiger partial charge in [0.25, 0.3) is 5.91 Å². The molecule has 0 bridgehead atoms. The molecule has 0 saturated carbocycles. The lowest BCUT2D eigenvalue weighted by atomic mass is 10.1. The minimum atomic E-state index is -0.365. The maximum Gasteiger partial charge on any atom is 0.278 e. The van der Waals surface area contributed by atoms with Crippen LogP contribution in [0.3, 0.4) is 0 Å². The van der Waals surface area contributed by atoms with E-state index >= 15 is 0 Å². The topological polar surface area (TPSA) is 76.9 Å². The van der Waals surface area contributed by atoms with Crippen molar-refractivity contribution in [2.45, 2.75) is 13.8 Å². The van der Waals surface area contributed by atoms with Crippen LogP contribution in [0, 0.1) is 6.92 Å². The normalized spacial score (nSPS) is 10.4. The van der Waals surface area contributed by atoms with E-state index in [9.17, 15) is 9.59 Å². The molecule has 1 amide bonds. The van der Waals surface area contributed by atoms with Crippen LogP contribution in [0.15, 0.2) is 54.6 Å². The third-order valence-electron chi connectivity index (χ3n) is 3.51. The van der Waals surface area contributed by atoms with Crippen LogP contribution in [0.1, 0.15) is 33.5 Å². The highest BCUT2D eigenvalue weighted by molar-refractivity contribution is 6.04. The standard InChI is InChI=1S/C18H16N4O2/c1-12-17(21-22(20-12)16-9-4-3-5-10-16)18(24)19-15-8-6-7-14(11-15)13(2)23/h3-11H,1-2H3,(H,19,24). The maximum atomic E-state index is 12.4. The van der Waals surface area contributed by atoms with Gasteiger partial charge in [0.15, 0.2) is 11.5 Å². The van der Waals surface area contributed by atoms with E-state index in [0.29, 0.717) is 16.9 Å². The number of amides is 1. The molecule has 120 valence electrons. The predicted molar refractivity (Wildman–Crippen MR) is 90.5 cm³/mol. The number of aromatic nitrogens is 3. The summed E-state index contributed by atoms with van der Waals surface area (Å²) >= 11 is 0. The van der Waals surface area contributed by atoms with Crippen molar-refractivity contribution in [1.82, 2.24) is 15.0 Å². The van der Waals surface area contributed by atoms with Gasteiger partial charge in [-0.25, -0.2) is 0 Å². The van der Waals surface area contributed by atoms with Crippen LogP contribution in [-0.2, 0) is 0 Å². The summed E-state index contributed by atoms with van der Waals surface area (Å²) in [6, 6.07) is 16.2. The highest BCUT2D eigenvalue weighted by Crippen LogP contribution is 2.14. The number of ketones is 1. The summed E-state index contributed by atoms with van der Waals surface area (Å²) in [6.07, 6.45) is 0. The number of rotatable bonds is 4. The number of aryl methyl sites for hydroxylation is 1. The van der Waals surface area contributed by atoms with Gasteiger partial charge < -0.3 is 5.32 Å². The molecular weight excluding hydrogens is 304 g/mol. The van der Waals surface area contributed by atoms with Crippen molar-refractivity contribution in [2.75, 3.05) is 5.32 Å². The van der Waals surface area contributed by atoms with Crippen molar-refractivity contribution in [2.24, 2.45) is 0 Å². The molecule has 6 heteroatoms. The van der Waals surface area contributed by atoms with Crippen LogP contribution in [0.25, 0.3) is 5.69 Å². The Balaban J connectivity index is 1.84. The molecule has 1 N–H and O–H groups in total. The SMILES string of the molecule is CC(=O)c1cccc(NC(=O)c2nn(-c3ccccc3)nc2C)c1. The number of anilines is 1. The summed E-state index contributed by atoms with van der Waals surface area (Å²) in [5.74, 6) is -0.423. The van der Waals surface area contributed by atoms with E-state index in [1.165, 1.54) is 11.7 Å². The van der Waals surface area contributed by atoms with E-state index in [1.54, 1.807) is 31.2 Å². The first kappa shape index (κ1) is 15.6. The molecule has 3 rings (SSSR count). The lowest BCUT2D eigenvalue weighted by molar-refractivity contribution is 0.100. The molecule has 0 aliphatic carbocycles. The summed E-state index contributed by atoms with van der Waals surface area (Å²) in [5, 5.41) is 11.3. The maximum absolute atomic E-state index is 12.4. The molecule has 0 saturated heterocycles. The van der Waals surface area contributed by atoms with Crippen LogP contribution in [0.5, 0.6) is 0 Å². The van der Waals surface area contributed by atoms with E-state index in [1.807, 2.05) is 30.3 Å². The van der Waals surface area contributed by atoms with Crippen LogP contribution < -0.4 is 5.32 Å². The molecule has 1 aromatic heterocycles. The zero-order valence-electron chi connectivity index (χ0n) is 13.4. The molecule has 0 spiro atoms. The fourth-order valence-electron chi connectivity index (χ4n) is 2.27. The summed E-state index contributed by atoms with van der Waals surface area (Å²) in [4.78, 5) is 25.3. The molecule has 24 heavy (non-hydrogen) atoms. The number of nitrogens with zero attached hydrogens (tertiary/aromatic N) is 3. The lowest BCUT2D eigenvalue weighted by Gasteiger charge is -2.04. The van der Waals surface area contributed by atoms with Crippen molar-refractivity contribution in [3.63, 3.8) is 0 Å². The van der Waals surface area contributed by atoms with Gasteiger partial charge in [0.05, 0.1) is 11.4 Å². The first-order valence-corrected chi connectivity index (χ1v) is 7.46. The van der Waals surface area contributed by atoms with Gasteiger partial charge >= 0.3 is 0 Å². The fraction of sp³-hybridized carbons (Fsp3) is 0.111. The third kappa shape index (κ3) is 3.22. The molecule has 1 heterocycles. The largest absolute Gasteiger partial charge is 0.321 e. The average molecular weight is 320 g/mol. The number of nitrogens with one attached hydrogen (secondary N) is 1. The van der Waals surface area contributed by atoms with Gasteiger partial charge in [-0.2, -0.15) is 9.90 Å². The van der Waals surface area contributed by atoms with Crippen LogP contribution in [0.2, 0.25) is 0 Å². The summed E-state index contributed by atoms with van der Waals surface area (Å²) < 4.78 is 0. The number of carbonyl (C=O) groups is 2. The minimum Gasteiger partial charge on any atom is -0.321 e. The second kappa shape index (κ2) is 6.45. The predicted octanol–water partition coefficient (Wildman–Crippen LogP) is 3.03. The Morgan fingerprint density at radius 3 is 2.46 bits per heavy atom. The Morgan fingerprint density at radius 2 is 1.75 bits per heavy atom. The Kier molecular flexibility index (Phi) is 4.20. The second-order valence-electron chi connectivity index (χ2n) is 5.35. The van der Waals surface area contributed by atoms with Gasteiger partial charge in [-0.1, -0.05) is 30.3 Å². The van der Waals surface area contributed by atoms with Gasteiger partial charge in [0, 0.05) is 11.3 Å². The van der Waals surface area contributed by atoms with Crippen molar-refractivity contribution in [3.05, 3.63) is 71.5 Å². The van der Waals surface area contributed by atoms with E-state index < -0.39 is 0 Å². The Morgan fingerprint density at radius 1 is 1.00 bits per heavy atom. The first-order chi connectivity index (χ1) is 11.5. The highest BCUT2D eigenvalue weighted by atomic mass is 16.2. The van der Waals surface area contributed by atoms with Crippen molar-refractivity contribution in [3.8, 4) is 5.69 Å². The van der Waals surface area contributed by atoms with Crippen molar-refractivity contribution in [1.29, 1.82) is 0 Å². The molecular formula is C18H16N4O2. The summed E-state index contributed by atoms with van der Waals surface area (Å²) in [5.41, 5.74) is 2.63. The van der Waals surface area contributed by atoms with E-state index in [4.69, 9.17) is 0 Å². The quantitative estimate of drug-likeness (QED) is 0.750. The number of Topliss-reactive ketones (excluding diaryl/α,β-unsaturated/α-hetero) is 1. The smallest absolute Gasteiger partial charge is 0.278 e. The molecule has 2 aromatic carbocycles. The summed E-state index contributed by atoms with van der Waals surface area (Å²) in [7, 11) is 0. The molecule has 0 atom stereocenters. The van der Waals surface area contributed by atoms with Crippen LogP contribution in [-0.4, -0.2) is 26.7 Å². The zero-order chi connectivity index (χ0) is 17.1. The van der Waals surface area contributed by atoms with E-state index in [2.05, 4.69) is 15.5 Å². The Bertz CT molecular complexity index is 900. The third-order valence-corrected chi connectivity index (χ3v) is 3.51. The van der Waals surface area contributed by atoms with Gasteiger partial charge in [0.1, 0.15) is 0 Å². The molecule has 0 unspecified atom stereocenters. The monoisotopic (exact) mass is 320 g/mol. The lowest BCUT2D eigenvalue weighted by Crippen LogP contribution is -2.14. The molecule has 0 aliphatic heterocycles. The van der Waals surface area contributed by atoms with Crippen LogP contribution >= 0.6 is 0 Å². The van der Waals surface area contributed by atoms with Gasteiger partial charge in [-0.3, -0.25) is 9.59 Å². The second-order valence-corrected chi connectivity index (χ2v) is 5.35. The Hall–Kier alpha value is -3.28. The van der Waals surface area contributed by atoms with E-state index in [0.717, 1.165) is 5.69 Å². The van der Waals surface area contributed by atoms with Crippen molar-refractivity contribution < 1.29 is 9.59 Å². The fourth-order valence-corrected chi connectivity index (χ4v) is 2.27. The minimum absolute atomic E-state index is 0.0581. The van der Waals surface area contributed by atoms with E-state index in [-0.39, 0.29) is 17.4 Å². The van der Waals surface area contributed by atoms with Gasteiger partial charge in [-0.05, 0) is 38.1 Å². The Labute approximate surface area is 139 Å². The van der Waals surface area contributed by atoms with Gasteiger partial charge in [0.2, 0.25) is 0 Å². The average Bonchev–Trinajstić information content (AvgIpc) is 2.98. The molecule has 0 aliphatic rings. The number of hydrogen-bond donors (Lipinski definition) is 1. The summed E-state index contributed by atoms with van der Waals surface area (Å²) in [6.45, 7) is 3.21. The zero-order valence-corrected chi connectivity index (χ0v) is 13.4. The highest BCUT2D eigenvalue weighted by Gasteiger charge is 2.16. The number of para-hydroxylation sites is 1. The van der Waals surface area contributed by atoms with Crippen molar-refractivity contribution >= 4 is 17.4 Å². The first-order valence-electron chi connectivity index (χ1n) is 7.46. The van der Waals surface area contributed by atoms with Gasteiger partial charge in [-0.15, -0.1) is 5.10 Å². The number of carbonyl (C=O) groups excluding carboxylic acids is 2. The molecule has 3 aromatic rings. The number of hydrogen-bond acceptors (Lipinski definition) is 4.